The van der Waals surface area contributed by atoms with Crippen molar-refractivity contribution < 1.29 is 49.0 Å². The van der Waals surface area contributed by atoms with Gasteiger partial charge in [0, 0.05) is 5.56 Å². The summed E-state index contributed by atoms with van der Waals surface area (Å²) in [7, 11) is 0. The van der Waals surface area contributed by atoms with E-state index in [9.17, 15) is 14.7 Å². The zero-order valence-electron chi connectivity index (χ0n) is 18.0. The molecule has 0 bridgehead atoms. The molecule has 28 heavy (non-hydrogen) atoms. The molecule has 0 radical (unpaired) electrons. The number of carbonyl (C=O) groups is 2. The average Bonchev–Trinajstić information content (AvgIpc) is 2.64. The van der Waals surface area contributed by atoms with Crippen LogP contribution in [0.5, 0.6) is 5.75 Å². The molecule has 0 heterocycles. The Hall–Kier alpha value is -1.04. The summed E-state index contributed by atoms with van der Waals surface area (Å²) in [6, 6.07) is 5.76. The van der Waals surface area contributed by atoms with Gasteiger partial charge in [-0.3, -0.25) is 4.79 Å². The summed E-state index contributed by atoms with van der Waals surface area (Å²) in [6.07, 6.45) is 10.0. The molecule has 0 aliphatic rings. The van der Waals surface area contributed by atoms with E-state index in [1.54, 1.807) is 38.1 Å². The van der Waals surface area contributed by atoms with E-state index in [0.717, 1.165) is 12.2 Å². The van der Waals surface area contributed by atoms with Gasteiger partial charge in [0.2, 0.25) is 0 Å². The van der Waals surface area contributed by atoms with E-state index in [1.807, 2.05) is 0 Å². The van der Waals surface area contributed by atoms with Crippen molar-refractivity contribution in [1.29, 1.82) is 0 Å². The van der Waals surface area contributed by atoms with Gasteiger partial charge in [-0.05, 0) is 36.6 Å². The second kappa shape index (κ2) is 15.8. The van der Waals surface area contributed by atoms with E-state index in [4.69, 9.17) is 4.74 Å². The van der Waals surface area contributed by atoms with Crippen molar-refractivity contribution in [2.24, 2.45) is 5.92 Å². The molecular weight excluding hydrogens is 365 g/mol. The number of hydrogen-bond acceptors (Lipinski definition) is 4. The molecule has 0 spiro atoms. The van der Waals surface area contributed by atoms with Gasteiger partial charge in [0.15, 0.2) is 0 Å². The minimum atomic E-state index is -1.27. The number of carboxylic acid groups (broad SMARTS) is 1. The van der Waals surface area contributed by atoms with Gasteiger partial charge in [-0.2, -0.15) is 0 Å². The molecule has 0 aliphatic heterocycles. The van der Waals surface area contributed by atoms with E-state index in [-0.39, 0.29) is 35.5 Å². The molecule has 1 atom stereocenters. The van der Waals surface area contributed by atoms with Crippen LogP contribution in [0.1, 0.15) is 82.5 Å². The largest absolute Gasteiger partial charge is 1.00 e. The number of carboxylic acids is 1. The van der Waals surface area contributed by atoms with Crippen molar-refractivity contribution in [2.75, 3.05) is 6.61 Å². The molecule has 1 aromatic carbocycles. The SMILES string of the molecule is CCCCCCCCCCOc1ccc(C(=O)N[C@H](C(=O)[O-])C(C)C)cc1.[Na+]. The quantitative estimate of drug-likeness (QED) is 0.369. The second-order valence-electron chi connectivity index (χ2n) is 7.36. The topological polar surface area (TPSA) is 78.5 Å². The fraction of sp³-hybridized carbons (Fsp3) is 0.636. The number of ether oxygens (including phenoxy) is 1. The first-order chi connectivity index (χ1) is 13.0. The molecule has 0 aromatic heterocycles. The minimum absolute atomic E-state index is 0. The summed E-state index contributed by atoms with van der Waals surface area (Å²) in [5, 5.41) is 13.6. The van der Waals surface area contributed by atoms with Crippen LogP contribution in [0.4, 0.5) is 0 Å². The first-order valence-electron chi connectivity index (χ1n) is 10.2. The van der Waals surface area contributed by atoms with Gasteiger partial charge in [0.1, 0.15) is 5.75 Å². The van der Waals surface area contributed by atoms with E-state index >= 15 is 0 Å². The summed E-state index contributed by atoms with van der Waals surface area (Å²) in [6.45, 7) is 6.35. The zero-order chi connectivity index (χ0) is 20.1. The number of hydrogen-bond donors (Lipinski definition) is 1. The van der Waals surface area contributed by atoms with Crippen molar-refractivity contribution in [3.05, 3.63) is 29.8 Å². The Labute approximate surface area is 191 Å². The number of carbonyl (C=O) groups excluding carboxylic acids is 2. The molecule has 0 aliphatic carbocycles. The normalized spacial score (nSPS) is 11.6. The molecule has 1 rings (SSSR count). The number of unbranched alkanes of at least 4 members (excludes halogenated alkanes) is 7. The van der Waals surface area contributed by atoms with E-state index < -0.39 is 17.9 Å². The molecule has 1 amide bonds. The predicted molar refractivity (Wildman–Crippen MR) is 106 cm³/mol. The Kier molecular flexibility index (Phi) is 15.2. The van der Waals surface area contributed by atoms with Gasteiger partial charge < -0.3 is 20.0 Å². The Morgan fingerprint density at radius 1 is 0.964 bits per heavy atom. The third-order valence-electron chi connectivity index (χ3n) is 4.59. The first-order valence-corrected chi connectivity index (χ1v) is 10.2. The monoisotopic (exact) mass is 399 g/mol. The van der Waals surface area contributed by atoms with E-state index in [0.29, 0.717) is 12.2 Å². The van der Waals surface area contributed by atoms with Gasteiger partial charge in [-0.1, -0.05) is 65.7 Å². The number of aliphatic carboxylic acids is 1. The smallest absolute Gasteiger partial charge is 0.548 e. The standard InChI is InChI=1S/C22H35NO4.Na/c1-4-5-6-7-8-9-10-11-16-27-19-14-12-18(13-15-19)21(24)23-20(17(2)3)22(25)26;/h12-15,17,20H,4-11,16H2,1-3H3,(H,23,24)(H,25,26);/q;+1/p-1/t20-;/m0./s1. The zero-order valence-corrected chi connectivity index (χ0v) is 20.0. The Balaban J connectivity index is 0.00000729. The number of rotatable bonds is 14. The molecule has 0 fully saturated rings. The van der Waals surface area contributed by atoms with Gasteiger partial charge in [0.25, 0.3) is 5.91 Å². The minimum Gasteiger partial charge on any atom is -0.548 e. The molecule has 0 saturated carbocycles. The summed E-state index contributed by atoms with van der Waals surface area (Å²) >= 11 is 0. The molecule has 1 N–H and O–H groups in total. The fourth-order valence-electron chi connectivity index (χ4n) is 2.85. The van der Waals surface area contributed by atoms with Crippen LogP contribution in [-0.2, 0) is 4.79 Å². The summed E-state index contributed by atoms with van der Waals surface area (Å²) in [5.41, 5.74) is 0.404. The third-order valence-corrected chi connectivity index (χ3v) is 4.59. The molecule has 0 unspecified atom stereocenters. The Morgan fingerprint density at radius 2 is 1.50 bits per heavy atom. The predicted octanol–water partition coefficient (Wildman–Crippen LogP) is 0.714. The van der Waals surface area contributed by atoms with Crippen LogP contribution >= 0.6 is 0 Å². The summed E-state index contributed by atoms with van der Waals surface area (Å²) in [4.78, 5) is 23.2. The molecule has 1 aromatic rings. The van der Waals surface area contributed by atoms with Crippen LogP contribution in [0, 0.1) is 5.92 Å². The fourth-order valence-corrected chi connectivity index (χ4v) is 2.85. The maximum Gasteiger partial charge on any atom is 1.00 e. The summed E-state index contributed by atoms with van der Waals surface area (Å²) in [5.74, 6) is -1.22. The van der Waals surface area contributed by atoms with Gasteiger partial charge >= 0.3 is 29.6 Å². The van der Waals surface area contributed by atoms with Crippen molar-refractivity contribution >= 4 is 11.9 Å². The van der Waals surface area contributed by atoms with Crippen LogP contribution in [0.15, 0.2) is 24.3 Å². The van der Waals surface area contributed by atoms with Crippen molar-refractivity contribution in [1.82, 2.24) is 5.32 Å². The van der Waals surface area contributed by atoms with Crippen LogP contribution in [0.2, 0.25) is 0 Å². The van der Waals surface area contributed by atoms with Gasteiger partial charge in [-0.25, -0.2) is 0 Å². The number of benzene rings is 1. The van der Waals surface area contributed by atoms with Crippen molar-refractivity contribution in [2.45, 2.75) is 78.2 Å². The van der Waals surface area contributed by atoms with Gasteiger partial charge in [0.05, 0.1) is 18.6 Å². The number of nitrogens with one attached hydrogen (secondary N) is 1. The molecule has 0 saturated heterocycles. The van der Waals surface area contributed by atoms with Crippen LogP contribution in [0.3, 0.4) is 0 Å². The van der Waals surface area contributed by atoms with Crippen LogP contribution in [0.25, 0.3) is 0 Å². The molecule has 6 heteroatoms. The first kappa shape index (κ1) is 27.0. The Bertz CT molecular complexity index is 560. The summed E-state index contributed by atoms with van der Waals surface area (Å²) < 4.78 is 5.71. The number of amides is 1. The van der Waals surface area contributed by atoms with E-state index in [2.05, 4.69) is 12.2 Å². The maximum atomic E-state index is 12.2. The van der Waals surface area contributed by atoms with Crippen molar-refractivity contribution in [3.8, 4) is 5.75 Å². The molecule has 5 nitrogen and oxygen atoms in total. The van der Waals surface area contributed by atoms with Gasteiger partial charge in [-0.15, -0.1) is 0 Å². The van der Waals surface area contributed by atoms with Crippen LogP contribution < -0.4 is 44.7 Å². The van der Waals surface area contributed by atoms with Crippen molar-refractivity contribution in [3.63, 3.8) is 0 Å². The maximum absolute atomic E-state index is 12.2. The van der Waals surface area contributed by atoms with Crippen LogP contribution in [-0.4, -0.2) is 24.5 Å². The van der Waals surface area contributed by atoms with E-state index in [1.165, 1.54) is 44.9 Å². The molecule has 152 valence electrons. The second-order valence-corrected chi connectivity index (χ2v) is 7.36. The third kappa shape index (κ3) is 11.1. The Morgan fingerprint density at radius 3 is 2.00 bits per heavy atom. The average molecular weight is 400 g/mol. The molecular formula is C22H34NNaO4.